The second kappa shape index (κ2) is 7.23. The number of rotatable bonds is 3. The smallest absolute Gasteiger partial charge is 0.240 e. The highest BCUT2D eigenvalue weighted by Crippen LogP contribution is 2.29. The lowest BCUT2D eigenvalue weighted by Crippen LogP contribution is -2.51. The predicted octanol–water partition coefficient (Wildman–Crippen LogP) is 1.86. The molecule has 2 aromatic rings. The van der Waals surface area contributed by atoms with Gasteiger partial charge in [-0.15, -0.1) is 0 Å². The first kappa shape index (κ1) is 19.2. The normalized spacial score (nSPS) is 15.3. The second-order valence-electron chi connectivity index (χ2n) is 8.29. The third kappa shape index (κ3) is 3.93. The number of nitrogens with zero attached hydrogens (tertiary/aromatic N) is 5. The minimum atomic E-state index is -0.535. The summed E-state index contributed by atoms with van der Waals surface area (Å²) in [6, 6.07) is 3.27. The maximum Gasteiger partial charge on any atom is 0.240 e. The minimum Gasteiger partial charge on any atom is -0.362 e. The summed E-state index contributed by atoms with van der Waals surface area (Å²) in [5.41, 5.74) is 8.76. The Balaban J connectivity index is 1.97. The number of fused-ring (bicyclic) bond motifs is 1. The number of aromatic nitrogens is 3. The van der Waals surface area contributed by atoms with Gasteiger partial charge >= 0.3 is 0 Å². The molecule has 27 heavy (non-hydrogen) atoms. The zero-order valence-electron chi connectivity index (χ0n) is 16.7. The molecule has 144 valence electrons. The van der Waals surface area contributed by atoms with Crippen LogP contribution in [0.25, 0.3) is 11.4 Å². The van der Waals surface area contributed by atoms with Crippen molar-refractivity contribution in [3.8, 4) is 11.4 Å². The summed E-state index contributed by atoms with van der Waals surface area (Å²) in [6.07, 6.45) is 4.20. The van der Waals surface area contributed by atoms with Crippen molar-refractivity contribution < 1.29 is 4.79 Å². The van der Waals surface area contributed by atoms with E-state index >= 15 is 0 Å². The van der Waals surface area contributed by atoms with Gasteiger partial charge in [-0.2, -0.15) is 0 Å². The molecule has 2 aromatic heterocycles. The van der Waals surface area contributed by atoms with Gasteiger partial charge in [0, 0.05) is 44.2 Å². The summed E-state index contributed by atoms with van der Waals surface area (Å²) >= 11 is 0. The van der Waals surface area contributed by atoms with E-state index < -0.39 is 6.04 Å². The standard InChI is InChI=1S/C20H28N6O/c1-20(2,3)16(21)19(27)26-10-8-14-15(12-26)23-17(24-18(14)25(4)5)13-7-6-9-22-11-13/h6-7,9,11,16H,8,10,12,21H2,1-5H3/t16-/m1/s1. The predicted molar refractivity (Wildman–Crippen MR) is 106 cm³/mol. The number of anilines is 1. The Bertz CT molecular complexity index is 828. The molecule has 3 heterocycles. The molecule has 1 atom stereocenters. The summed E-state index contributed by atoms with van der Waals surface area (Å²) < 4.78 is 0. The van der Waals surface area contributed by atoms with Gasteiger partial charge in [0.25, 0.3) is 0 Å². The highest BCUT2D eigenvalue weighted by atomic mass is 16.2. The van der Waals surface area contributed by atoms with Gasteiger partial charge in [0.05, 0.1) is 18.3 Å². The van der Waals surface area contributed by atoms with Crippen LogP contribution in [-0.4, -0.2) is 52.4 Å². The van der Waals surface area contributed by atoms with E-state index in [0.717, 1.165) is 29.1 Å². The zero-order valence-corrected chi connectivity index (χ0v) is 16.7. The average Bonchev–Trinajstić information content (AvgIpc) is 2.65. The van der Waals surface area contributed by atoms with Crippen LogP contribution in [0.15, 0.2) is 24.5 Å². The molecule has 0 saturated carbocycles. The summed E-state index contributed by atoms with van der Waals surface area (Å²) in [6.45, 7) is 7.04. The van der Waals surface area contributed by atoms with Crippen molar-refractivity contribution in [1.82, 2.24) is 19.9 Å². The van der Waals surface area contributed by atoms with Crippen molar-refractivity contribution in [1.29, 1.82) is 0 Å². The molecule has 7 nitrogen and oxygen atoms in total. The van der Waals surface area contributed by atoms with Crippen LogP contribution in [0.1, 0.15) is 32.0 Å². The third-order valence-electron chi connectivity index (χ3n) is 4.90. The zero-order chi connectivity index (χ0) is 19.8. The van der Waals surface area contributed by atoms with E-state index in [1.807, 2.05) is 56.8 Å². The fourth-order valence-corrected chi connectivity index (χ4v) is 3.16. The van der Waals surface area contributed by atoms with E-state index in [1.165, 1.54) is 0 Å². The first-order valence-electron chi connectivity index (χ1n) is 9.20. The van der Waals surface area contributed by atoms with Crippen molar-refractivity contribution in [2.24, 2.45) is 11.1 Å². The molecule has 0 bridgehead atoms. The van der Waals surface area contributed by atoms with E-state index in [2.05, 4.69) is 4.98 Å². The minimum absolute atomic E-state index is 0.0268. The molecule has 0 saturated heterocycles. The quantitative estimate of drug-likeness (QED) is 0.890. The number of carbonyl (C=O) groups is 1. The van der Waals surface area contributed by atoms with E-state index in [-0.39, 0.29) is 11.3 Å². The molecule has 0 aromatic carbocycles. The van der Waals surface area contributed by atoms with Gasteiger partial charge in [-0.05, 0) is 24.0 Å². The lowest BCUT2D eigenvalue weighted by molar-refractivity contribution is -0.136. The molecule has 1 aliphatic heterocycles. The van der Waals surface area contributed by atoms with Crippen molar-refractivity contribution in [3.63, 3.8) is 0 Å². The van der Waals surface area contributed by atoms with Crippen LogP contribution >= 0.6 is 0 Å². The van der Waals surface area contributed by atoms with Gasteiger partial charge in [-0.25, -0.2) is 9.97 Å². The van der Waals surface area contributed by atoms with Gasteiger partial charge in [0.15, 0.2) is 5.82 Å². The molecule has 0 aliphatic carbocycles. The maximum atomic E-state index is 12.9. The highest BCUT2D eigenvalue weighted by molar-refractivity contribution is 5.82. The summed E-state index contributed by atoms with van der Waals surface area (Å²) in [4.78, 5) is 30.4. The number of hydrogen-bond donors (Lipinski definition) is 1. The highest BCUT2D eigenvalue weighted by Gasteiger charge is 2.34. The molecule has 2 N–H and O–H groups in total. The van der Waals surface area contributed by atoms with Gasteiger partial charge in [-0.1, -0.05) is 20.8 Å². The van der Waals surface area contributed by atoms with Gasteiger partial charge in [0.2, 0.25) is 5.91 Å². The van der Waals surface area contributed by atoms with Crippen LogP contribution < -0.4 is 10.6 Å². The number of pyridine rings is 1. The summed E-state index contributed by atoms with van der Waals surface area (Å²) in [7, 11) is 3.95. The van der Waals surface area contributed by atoms with E-state index in [4.69, 9.17) is 15.7 Å². The van der Waals surface area contributed by atoms with E-state index in [9.17, 15) is 4.79 Å². The fourth-order valence-electron chi connectivity index (χ4n) is 3.16. The molecule has 0 unspecified atom stereocenters. The lowest BCUT2D eigenvalue weighted by atomic mass is 9.86. The van der Waals surface area contributed by atoms with Crippen LogP contribution in [0.4, 0.5) is 5.82 Å². The summed E-state index contributed by atoms with van der Waals surface area (Å²) in [5.74, 6) is 1.49. The number of hydrogen-bond acceptors (Lipinski definition) is 6. The Morgan fingerprint density at radius 1 is 1.30 bits per heavy atom. The average molecular weight is 368 g/mol. The molecule has 0 fully saturated rings. The van der Waals surface area contributed by atoms with Crippen LogP contribution in [0, 0.1) is 5.41 Å². The molecular formula is C20H28N6O. The SMILES string of the molecule is CN(C)c1nc(-c2cccnc2)nc2c1CCN(C(=O)[C@@H](N)C(C)(C)C)C2. The van der Waals surface area contributed by atoms with Gasteiger partial charge < -0.3 is 15.5 Å². The Hall–Kier alpha value is -2.54. The van der Waals surface area contributed by atoms with Crippen LogP contribution in [0.2, 0.25) is 0 Å². The molecular weight excluding hydrogens is 340 g/mol. The summed E-state index contributed by atoms with van der Waals surface area (Å²) in [5, 5.41) is 0. The van der Waals surface area contributed by atoms with Crippen molar-refractivity contribution in [2.75, 3.05) is 25.5 Å². The monoisotopic (exact) mass is 368 g/mol. The molecule has 0 radical (unpaired) electrons. The Morgan fingerprint density at radius 3 is 2.63 bits per heavy atom. The van der Waals surface area contributed by atoms with E-state index in [0.29, 0.717) is 18.9 Å². The van der Waals surface area contributed by atoms with Gasteiger partial charge in [0.1, 0.15) is 5.82 Å². The van der Waals surface area contributed by atoms with Crippen LogP contribution in [0.5, 0.6) is 0 Å². The molecule has 1 aliphatic rings. The van der Waals surface area contributed by atoms with Gasteiger partial charge in [-0.3, -0.25) is 9.78 Å². The number of nitrogens with two attached hydrogens (primary N) is 1. The van der Waals surface area contributed by atoms with E-state index in [1.54, 1.807) is 12.4 Å². The topological polar surface area (TPSA) is 88.2 Å². The number of amides is 1. The van der Waals surface area contributed by atoms with Crippen LogP contribution in [0.3, 0.4) is 0 Å². The second-order valence-corrected chi connectivity index (χ2v) is 8.29. The van der Waals surface area contributed by atoms with Crippen LogP contribution in [-0.2, 0) is 17.8 Å². The number of carbonyl (C=O) groups excluding carboxylic acids is 1. The third-order valence-corrected chi connectivity index (χ3v) is 4.90. The molecule has 3 rings (SSSR count). The van der Waals surface area contributed by atoms with Crippen molar-refractivity contribution in [3.05, 3.63) is 35.8 Å². The first-order chi connectivity index (χ1) is 12.7. The molecule has 0 spiro atoms. The Labute approximate surface area is 160 Å². The van der Waals surface area contributed by atoms with Crippen molar-refractivity contribution >= 4 is 11.7 Å². The fraction of sp³-hybridized carbons (Fsp3) is 0.500. The lowest BCUT2D eigenvalue weighted by Gasteiger charge is -2.35. The maximum absolute atomic E-state index is 12.9. The first-order valence-corrected chi connectivity index (χ1v) is 9.20. The van der Waals surface area contributed by atoms with Crippen molar-refractivity contribution in [2.45, 2.75) is 39.8 Å². The molecule has 1 amide bonds. The Kier molecular flexibility index (Phi) is 5.15. The molecule has 7 heteroatoms. The largest absolute Gasteiger partial charge is 0.362 e. The Morgan fingerprint density at radius 2 is 2.04 bits per heavy atom.